The molecule has 3 aromatic carbocycles. The van der Waals surface area contributed by atoms with Gasteiger partial charge in [0, 0.05) is 35.5 Å². The van der Waals surface area contributed by atoms with Gasteiger partial charge in [-0.05, 0) is 54.7 Å². The first kappa shape index (κ1) is 26.8. The van der Waals surface area contributed by atoms with Crippen LogP contribution in [0, 0.1) is 0 Å². The molecule has 0 bridgehead atoms. The fraction of sp³-hybridized carbons (Fsp3) is 0.310. The predicted octanol–water partition coefficient (Wildman–Crippen LogP) is 6.48. The van der Waals surface area contributed by atoms with Crippen LogP contribution in [-0.4, -0.2) is 28.8 Å². The van der Waals surface area contributed by atoms with Gasteiger partial charge in [0.1, 0.15) is 6.04 Å². The van der Waals surface area contributed by atoms with E-state index >= 15 is 0 Å². The fourth-order valence-electron chi connectivity index (χ4n) is 3.87. The van der Waals surface area contributed by atoms with E-state index in [1.54, 1.807) is 17.0 Å². The highest BCUT2D eigenvalue weighted by molar-refractivity contribution is 6.31. The van der Waals surface area contributed by atoms with Gasteiger partial charge in [-0.2, -0.15) is 0 Å². The molecule has 184 valence electrons. The van der Waals surface area contributed by atoms with Crippen LogP contribution in [0.15, 0.2) is 78.9 Å². The Morgan fingerprint density at radius 2 is 1.54 bits per heavy atom. The number of hydrogen-bond acceptors (Lipinski definition) is 2. The van der Waals surface area contributed by atoms with Gasteiger partial charge < -0.3 is 10.2 Å². The topological polar surface area (TPSA) is 49.4 Å². The third-order valence-corrected chi connectivity index (χ3v) is 6.73. The van der Waals surface area contributed by atoms with Crippen LogP contribution >= 0.6 is 23.2 Å². The number of rotatable bonds is 11. The third-order valence-electron chi connectivity index (χ3n) is 6.10. The van der Waals surface area contributed by atoms with Gasteiger partial charge in [-0.1, -0.05) is 90.8 Å². The first-order valence-electron chi connectivity index (χ1n) is 12.0. The summed E-state index contributed by atoms with van der Waals surface area (Å²) < 4.78 is 0. The predicted molar refractivity (Wildman–Crippen MR) is 144 cm³/mol. The van der Waals surface area contributed by atoms with E-state index in [2.05, 4.69) is 5.32 Å². The second-order valence-corrected chi connectivity index (χ2v) is 9.61. The summed E-state index contributed by atoms with van der Waals surface area (Å²) in [5.41, 5.74) is 2.82. The summed E-state index contributed by atoms with van der Waals surface area (Å²) >= 11 is 12.4. The first-order valence-corrected chi connectivity index (χ1v) is 12.7. The molecule has 4 nitrogen and oxygen atoms in total. The van der Waals surface area contributed by atoms with Gasteiger partial charge in [-0.15, -0.1) is 0 Å². The van der Waals surface area contributed by atoms with E-state index in [4.69, 9.17) is 23.2 Å². The van der Waals surface area contributed by atoms with Gasteiger partial charge in [0.15, 0.2) is 0 Å². The van der Waals surface area contributed by atoms with E-state index in [1.165, 1.54) is 0 Å². The maximum atomic E-state index is 13.7. The lowest BCUT2D eigenvalue weighted by atomic mass is 10.0. The van der Waals surface area contributed by atoms with Crippen LogP contribution in [0.2, 0.25) is 10.0 Å². The van der Waals surface area contributed by atoms with Gasteiger partial charge in [0.2, 0.25) is 11.8 Å². The third kappa shape index (κ3) is 8.12. The Balaban J connectivity index is 1.91. The zero-order chi connectivity index (χ0) is 25.2. The summed E-state index contributed by atoms with van der Waals surface area (Å²) in [4.78, 5) is 28.9. The Hall–Kier alpha value is -2.82. The van der Waals surface area contributed by atoms with Crippen molar-refractivity contribution >= 4 is 35.0 Å². The Morgan fingerprint density at radius 3 is 2.20 bits per heavy atom. The van der Waals surface area contributed by atoms with E-state index in [0.717, 1.165) is 23.1 Å². The molecule has 2 unspecified atom stereocenters. The van der Waals surface area contributed by atoms with Crippen molar-refractivity contribution < 1.29 is 9.59 Å². The van der Waals surface area contributed by atoms with E-state index in [1.807, 2.05) is 80.6 Å². The number of halogens is 2. The van der Waals surface area contributed by atoms with Crippen molar-refractivity contribution in [3.63, 3.8) is 0 Å². The van der Waals surface area contributed by atoms with E-state index in [9.17, 15) is 9.59 Å². The van der Waals surface area contributed by atoms with Crippen LogP contribution in [0.25, 0.3) is 0 Å². The van der Waals surface area contributed by atoms with Gasteiger partial charge in [-0.3, -0.25) is 9.59 Å². The number of carbonyl (C=O) groups excluding carboxylic acids is 2. The highest BCUT2D eigenvalue weighted by Gasteiger charge is 2.30. The maximum Gasteiger partial charge on any atom is 0.243 e. The Bertz CT molecular complexity index is 1100. The molecule has 0 saturated heterocycles. The SMILES string of the molecule is CCC(C)NC(=O)C(Cc1ccccc1)N(Cc1ccc(Cl)cc1)C(=O)CCc1ccccc1Cl. The second kappa shape index (κ2) is 13.3. The molecule has 0 heterocycles. The van der Waals surface area contributed by atoms with Crippen LogP contribution in [0.4, 0.5) is 0 Å². The van der Waals surface area contributed by atoms with Crippen molar-refractivity contribution in [3.8, 4) is 0 Å². The standard InChI is InChI=1S/C29H32Cl2N2O2/c1-3-21(2)32-29(35)27(19-22-9-5-4-6-10-22)33(20-23-13-16-25(30)17-14-23)28(34)18-15-24-11-7-8-12-26(24)31/h4-14,16-17,21,27H,3,15,18-20H2,1-2H3,(H,32,35). The Morgan fingerprint density at radius 1 is 0.886 bits per heavy atom. The average molecular weight is 511 g/mol. The van der Waals surface area contributed by atoms with Gasteiger partial charge in [-0.25, -0.2) is 0 Å². The number of hydrogen-bond donors (Lipinski definition) is 1. The van der Waals surface area contributed by atoms with Crippen molar-refractivity contribution in [3.05, 3.63) is 106 Å². The van der Waals surface area contributed by atoms with Crippen LogP contribution < -0.4 is 5.32 Å². The summed E-state index contributed by atoms with van der Waals surface area (Å²) in [6.45, 7) is 4.31. The molecule has 0 fully saturated rings. The lowest BCUT2D eigenvalue weighted by Crippen LogP contribution is -2.52. The highest BCUT2D eigenvalue weighted by atomic mass is 35.5. The van der Waals surface area contributed by atoms with E-state index in [-0.39, 0.29) is 24.3 Å². The molecule has 0 aliphatic carbocycles. The molecule has 6 heteroatoms. The van der Waals surface area contributed by atoms with Crippen molar-refractivity contribution in [2.75, 3.05) is 0 Å². The monoisotopic (exact) mass is 510 g/mol. The number of nitrogens with zero attached hydrogens (tertiary/aromatic N) is 1. The molecular weight excluding hydrogens is 479 g/mol. The lowest BCUT2D eigenvalue weighted by molar-refractivity contribution is -0.141. The summed E-state index contributed by atoms with van der Waals surface area (Å²) in [6, 6.07) is 24.1. The second-order valence-electron chi connectivity index (χ2n) is 8.76. The number of nitrogens with one attached hydrogen (secondary N) is 1. The summed E-state index contributed by atoms with van der Waals surface area (Å²) in [7, 11) is 0. The van der Waals surface area contributed by atoms with Crippen LogP contribution in [-0.2, 0) is 29.0 Å². The molecule has 1 N–H and O–H groups in total. The van der Waals surface area contributed by atoms with Gasteiger partial charge in [0.05, 0.1) is 0 Å². The molecule has 0 saturated carbocycles. The number of carbonyl (C=O) groups is 2. The van der Waals surface area contributed by atoms with Gasteiger partial charge >= 0.3 is 0 Å². The van der Waals surface area contributed by atoms with Crippen LogP contribution in [0.3, 0.4) is 0 Å². The minimum absolute atomic E-state index is 0.0105. The minimum Gasteiger partial charge on any atom is -0.352 e. The molecule has 3 aromatic rings. The molecule has 2 atom stereocenters. The fourth-order valence-corrected chi connectivity index (χ4v) is 4.22. The molecule has 0 aromatic heterocycles. The van der Waals surface area contributed by atoms with E-state index in [0.29, 0.717) is 29.4 Å². The molecule has 0 aliphatic heterocycles. The Kier molecular flexibility index (Phi) is 10.2. The van der Waals surface area contributed by atoms with Crippen molar-refractivity contribution in [2.45, 2.75) is 58.2 Å². The van der Waals surface area contributed by atoms with Crippen molar-refractivity contribution in [2.24, 2.45) is 0 Å². The molecule has 2 amide bonds. The molecule has 35 heavy (non-hydrogen) atoms. The zero-order valence-corrected chi connectivity index (χ0v) is 21.7. The maximum absolute atomic E-state index is 13.7. The minimum atomic E-state index is -0.652. The summed E-state index contributed by atoms with van der Waals surface area (Å²) in [6.07, 6.45) is 1.98. The molecule has 0 aliphatic rings. The number of aryl methyl sites for hydroxylation is 1. The summed E-state index contributed by atoms with van der Waals surface area (Å²) in [5, 5.41) is 4.35. The van der Waals surface area contributed by atoms with Crippen molar-refractivity contribution in [1.82, 2.24) is 10.2 Å². The normalized spacial score (nSPS) is 12.6. The van der Waals surface area contributed by atoms with Gasteiger partial charge in [0.25, 0.3) is 0 Å². The van der Waals surface area contributed by atoms with Crippen LogP contribution in [0.5, 0.6) is 0 Å². The summed E-state index contributed by atoms with van der Waals surface area (Å²) in [5.74, 6) is -0.247. The van der Waals surface area contributed by atoms with Crippen molar-refractivity contribution in [1.29, 1.82) is 0 Å². The highest BCUT2D eigenvalue weighted by Crippen LogP contribution is 2.21. The van der Waals surface area contributed by atoms with Crippen LogP contribution in [0.1, 0.15) is 43.4 Å². The molecular formula is C29H32Cl2N2O2. The number of benzene rings is 3. The molecule has 3 rings (SSSR count). The largest absolute Gasteiger partial charge is 0.352 e. The molecule has 0 radical (unpaired) electrons. The quantitative estimate of drug-likeness (QED) is 0.320. The first-order chi connectivity index (χ1) is 16.9. The zero-order valence-electron chi connectivity index (χ0n) is 20.2. The smallest absolute Gasteiger partial charge is 0.243 e. The molecule has 0 spiro atoms. The average Bonchev–Trinajstić information content (AvgIpc) is 2.87. The van der Waals surface area contributed by atoms with E-state index < -0.39 is 6.04 Å². The lowest BCUT2D eigenvalue weighted by Gasteiger charge is -2.32. The number of amides is 2. The Labute approximate surface area is 218 Å².